The predicted molar refractivity (Wildman–Crippen MR) is 110 cm³/mol. The van der Waals surface area contributed by atoms with E-state index in [4.69, 9.17) is 0 Å². The second-order valence-electron chi connectivity index (χ2n) is 7.11. The third-order valence-corrected chi connectivity index (χ3v) is 4.71. The smallest absolute Gasteiger partial charge is 0.234 e. The SMILES string of the molecule is CN1CCCc2cc(ccn2)-c2ncnc(n2)Nc2cccc(c2)CNC(=O)C1. The zero-order valence-corrected chi connectivity index (χ0v) is 16.3. The van der Waals surface area contributed by atoms with Crippen LogP contribution in [0.15, 0.2) is 48.9 Å². The molecule has 8 nitrogen and oxygen atoms in total. The van der Waals surface area contributed by atoms with Gasteiger partial charge in [0, 0.05) is 29.7 Å². The van der Waals surface area contributed by atoms with Gasteiger partial charge < -0.3 is 10.6 Å². The molecular weight excluding hydrogens is 366 g/mol. The van der Waals surface area contributed by atoms with Gasteiger partial charge >= 0.3 is 0 Å². The Morgan fingerprint density at radius 2 is 2.03 bits per heavy atom. The summed E-state index contributed by atoms with van der Waals surface area (Å²) in [5.41, 5.74) is 3.73. The fourth-order valence-electron chi connectivity index (χ4n) is 3.25. The van der Waals surface area contributed by atoms with Gasteiger partial charge in [-0.25, -0.2) is 9.97 Å². The van der Waals surface area contributed by atoms with Gasteiger partial charge in [0.15, 0.2) is 5.82 Å². The van der Waals surface area contributed by atoms with Crippen molar-refractivity contribution in [2.24, 2.45) is 0 Å². The van der Waals surface area contributed by atoms with E-state index in [1.165, 1.54) is 6.33 Å². The van der Waals surface area contributed by atoms with Crippen LogP contribution in [0.1, 0.15) is 17.7 Å². The van der Waals surface area contributed by atoms with E-state index >= 15 is 0 Å². The molecule has 0 saturated heterocycles. The van der Waals surface area contributed by atoms with Crippen LogP contribution < -0.4 is 10.6 Å². The molecular formula is C21H23N7O. The topological polar surface area (TPSA) is 95.9 Å². The third kappa shape index (κ3) is 5.11. The Kier molecular flexibility index (Phi) is 5.71. The van der Waals surface area contributed by atoms with E-state index in [0.717, 1.165) is 41.9 Å². The Morgan fingerprint density at radius 1 is 1.10 bits per heavy atom. The average Bonchev–Trinajstić information content (AvgIpc) is 2.72. The minimum absolute atomic E-state index is 0.00853. The minimum atomic E-state index is 0.00853. The first-order valence-electron chi connectivity index (χ1n) is 9.61. The normalized spacial score (nSPS) is 15.6. The van der Waals surface area contributed by atoms with Crippen molar-refractivity contribution in [3.63, 3.8) is 0 Å². The van der Waals surface area contributed by atoms with Crippen LogP contribution in [0.5, 0.6) is 0 Å². The van der Waals surface area contributed by atoms with E-state index in [1.54, 1.807) is 6.20 Å². The molecule has 2 N–H and O–H groups in total. The zero-order valence-electron chi connectivity index (χ0n) is 16.3. The lowest BCUT2D eigenvalue weighted by molar-refractivity contribution is -0.122. The molecule has 0 unspecified atom stereocenters. The summed E-state index contributed by atoms with van der Waals surface area (Å²) in [6.45, 7) is 1.65. The van der Waals surface area contributed by atoms with Crippen molar-refractivity contribution in [3.8, 4) is 11.4 Å². The van der Waals surface area contributed by atoms with Crippen LogP contribution in [-0.4, -0.2) is 50.9 Å². The molecule has 29 heavy (non-hydrogen) atoms. The van der Waals surface area contributed by atoms with Crippen LogP contribution in [0.2, 0.25) is 0 Å². The molecule has 0 atom stereocenters. The Hall–Kier alpha value is -3.39. The van der Waals surface area contributed by atoms with Crippen LogP contribution in [0, 0.1) is 0 Å². The summed E-state index contributed by atoms with van der Waals surface area (Å²) in [5.74, 6) is 1.08. The monoisotopic (exact) mass is 389 g/mol. The van der Waals surface area contributed by atoms with Crippen molar-refractivity contribution in [1.82, 2.24) is 30.2 Å². The number of likely N-dealkylation sites (N-methyl/N-ethyl adjacent to an activating group) is 1. The van der Waals surface area contributed by atoms with Gasteiger partial charge in [0.2, 0.25) is 11.9 Å². The molecule has 0 aliphatic carbocycles. The third-order valence-electron chi connectivity index (χ3n) is 4.71. The van der Waals surface area contributed by atoms with Gasteiger partial charge in [-0.3, -0.25) is 14.7 Å². The maximum atomic E-state index is 12.2. The number of hydrogen-bond acceptors (Lipinski definition) is 7. The molecule has 1 aliphatic heterocycles. The van der Waals surface area contributed by atoms with E-state index in [0.29, 0.717) is 24.9 Å². The average molecular weight is 389 g/mol. The highest BCUT2D eigenvalue weighted by Gasteiger charge is 2.10. The molecule has 0 spiro atoms. The highest BCUT2D eigenvalue weighted by atomic mass is 16.2. The molecule has 0 saturated carbocycles. The first-order valence-corrected chi connectivity index (χ1v) is 9.61. The lowest BCUT2D eigenvalue weighted by Gasteiger charge is -2.16. The number of carbonyl (C=O) groups excluding carboxylic acids is 1. The molecule has 8 heteroatoms. The molecule has 4 rings (SSSR count). The number of carbonyl (C=O) groups is 1. The highest BCUT2D eigenvalue weighted by molar-refractivity contribution is 5.78. The molecule has 148 valence electrons. The predicted octanol–water partition coefficient (Wildman–Crippen LogP) is 2.17. The maximum Gasteiger partial charge on any atom is 0.234 e. The number of rotatable bonds is 0. The lowest BCUT2D eigenvalue weighted by atomic mass is 10.1. The van der Waals surface area contributed by atoms with Gasteiger partial charge in [-0.15, -0.1) is 0 Å². The van der Waals surface area contributed by atoms with Crippen molar-refractivity contribution in [1.29, 1.82) is 0 Å². The maximum absolute atomic E-state index is 12.2. The molecule has 2 aromatic heterocycles. The summed E-state index contributed by atoms with van der Waals surface area (Å²) in [7, 11) is 1.96. The van der Waals surface area contributed by atoms with Crippen molar-refractivity contribution < 1.29 is 4.79 Å². The van der Waals surface area contributed by atoms with Crippen LogP contribution in [0.4, 0.5) is 11.6 Å². The van der Waals surface area contributed by atoms with Crippen molar-refractivity contribution in [2.75, 3.05) is 25.5 Å². The molecule has 0 radical (unpaired) electrons. The van der Waals surface area contributed by atoms with Gasteiger partial charge in [-0.2, -0.15) is 4.98 Å². The Morgan fingerprint density at radius 3 is 2.97 bits per heavy atom. The van der Waals surface area contributed by atoms with Crippen molar-refractivity contribution in [3.05, 3.63) is 60.2 Å². The Balaban J connectivity index is 1.66. The van der Waals surface area contributed by atoms with E-state index in [1.807, 2.05) is 48.3 Å². The molecule has 1 amide bonds. The number of aryl methyl sites for hydroxylation is 1. The number of benzene rings is 1. The Bertz CT molecular complexity index is 1010. The van der Waals surface area contributed by atoms with Crippen LogP contribution in [0.25, 0.3) is 11.4 Å². The van der Waals surface area contributed by atoms with Crippen LogP contribution >= 0.6 is 0 Å². The number of aromatic nitrogens is 4. The van der Waals surface area contributed by atoms with Crippen molar-refractivity contribution >= 4 is 17.5 Å². The summed E-state index contributed by atoms with van der Waals surface area (Å²) >= 11 is 0. The summed E-state index contributed by atoms with van der Waals surface area (Å²) < 4.78 is 0. The summed E-state index contributed by atoms with van der Waals surface area (Å²) in [4.78, 5) is 31.8. The van der Waals surface area contributed by atoms with Gasteiger partial charge in [-0.1, -0.05) is 12.1 Å². The van der Waals surface area contributed by atoms with Crippen LogP contribution in [0.3, 0.4) is 0 Å². The quantitative estimate of drug-likeness (QED) is 0.608. The van der Waals surface area contributed by atoms with Crippen molar-refractivity contribution in [2.45, 2.75) is 19.4 Å². The lowest BCUT2D eigenvalue weighted by Crippen LogP contribution is -2.35. The number of nitrogens with one attached hydrogen (secondary N) is 2. The number of anilines is 2. The van der Waals surface area contributed by atoms with Gasteiger partial charge in [0.1, 0.15) is 6.33 Å². The number of amides is 1. The molecule has 6 bridgehead atoms. The second-order valence-corrected chi connectivity index (χ2v) is 7.11. The Labute approximate surface area is 169 Å². The van der Waals surface area contributed by atoms with Gasteiger partial charge in [-0.05, 0) is 56.3 Å². The standard InChI is InChI=1S/C21H23N7O/c1-28-9-3-6-17-11-16(7-8-22-17)20-24-14-25-21(27-20)26-18-5-2-4-15(10-18)12-23-19(29)13-28/h2,4-5,7-8,10-11,14H,3,6,9,12-13H2,1H3,(H,23,29)(H,24,25,26,27). The van der Waals surface area contributed by atoms with Crippen LogP contribution in [-0.2, 0) is 17.8 Å². The first kappa shape index (κ1) is 18.9. The number of fused-ring (bicyclic) bond motifs is 7. The van der Waals surface area contributed by atoms with E-state index in [-0.39, 0.29) is 5.91 Å². The molecule has 3 aromatic rings. The second kappa shape index (κ2) is 8.74. The fourth-order valence-corrected chi connectivity index (χ4v) is 3.25. The summed E-state index contributed by atoms with van der Waals surface area (Å²) in [5, 5.41) is 6.19. The largest absolute Gasteiger partial charge is 0.351 e. The molecule has 0 fully saturated rings. The number of nitrogens with zero attached hydrogens (tertiary/aromatic N) is 5. The fraction of sp³-hybridized carbons (Fsp3) is 0.286. The minimum Gasteiger partial charge on any atom is -0.351 e. The summed E-state index contributed by atoms with van der Waals surface area (Å²) in [6, 6.07) is 11.7. The van der Waals surface area contributed by atoms with Gasteiger partial charge in [0.25, 0.3) is 0 Å². The number of hydrogen-bond donors (Lipinski definition) is 2. The summed E-state index contributed by atoms with van der Waals surface area (Å²) in [6.07, 6.45) is 5.01. The molecule has 1 aromatic carbocycles. The zero-order chi connectivity index (χ0) is 20.1. The molecule has 1 aliphatic rings. The first-order chi connectivity index (χ1) is 14.2. The van der Waals surface area contributed by atoms with E-state index < -0.39 is 0 Å². The van der Waals surface area contributed by atoms with Gasteiger partial charge in [0.05, 0.1) is 6.54 Å². The molecule has 3 heterocycles. The highest BCUT2D eigenvalue weighted by Crippen LogP contribution is 2.19. The van der Waals surface area contributed by atoms with E-state index in [9.17, 15) is 4.79 Å². The van der Waals surface area contributed by atoms with E-state index in [2.05, 4.69) is 30.6 Å². The number of pyridine rings is 1.